The van der Waals surface area contributed by atoms with Crippen molar-refractivity contribution in [1.82, 2.24) is 0 Å². The Labute approximate surface area is 146 Å². The van der Waals surface area contributed by atoms with E-state index in [4.69, 9.17) is 9.47 Å². The Morgan fingerprint density at radius 1 is 0.960 bits per heavy atom. The van der Waals surface area contributed by atoms with E-state index in [0.29, 0.717) is 18.8 Å². The number of hydrogen-bond donors (Lipinski definition) is 0. The van der Waals surface area contributed by atoms with Crippen molar-refractivity contribution in [2.75, 3.05) is 6.61 Å². The molecule has 0 amide bonds. The Balaban J connectivity index is 2.08. The Kier molecular flexibility index (Phi) is 6.92. The molecule has 25 heavy (non-hydrogen) atoms. The highest BCUT2D eigenvalue weighted by Crippen LogP contribution is 2.25. The van der Waals surface area contributed by atoms with Crippen molar-refractivity contribution in [2.24, 2.45) is 0 Å². The summed E-state index contributed by atoms with van der Waals surface area (Å²) < 4.78 is 38.5. The molecule has 0 aliphatic carbocycles. The van der Waals surface area contributed by atoms with E-state index < -0.39 is 23.4 Å². The summed E-state index contributed by atoms with van der Waals surface area (Å²) in [7, 11) is 0. The zero-order valence-electron chi connectivity index (χ0n) is 14.5. The van der Waals surface area contributed by atoms with Crippen LogP contribution in [0.3, 0.4) is 0 Å². The molecule has 0 unspecified atom stereocenters. The summed E-state index contributed by atoms with van der Waals surface area (Å²) in [5.74, 6) is -2.61. The fourth-order valence-electron chi connectivity index (χ4n) is 2.28. The third-order valence-electron chi connectivity index (χ3n) is 3.69. The van der Waals surface area contributed by atoms with Gasteiger partial charge in [0.05, 0.1) is 12.2 Å². The van der Waals surface area contributed by atoms with Gasteiger partial charge >= 0.3 is 5.97 Å². The number of rotatable bonds is 8. The standard InChI is InChI=1S/C20H22F2O3/c1-3-5-6-14-9-12-17(19(22)18(14)21)25-20(23)15-7-10-16(11-8-15)24-13-4-2/h7-12H,3-6,13H2,1-2H3. The number of halogens is 2. The van der Waals surface area contributed by atoms with Crippen LogP contribution in [0, 0.1) is 11.6 Å². The minimum absolute atomic E-state index is 0.235. The molecular weight excluding hydrogens is 326 g/mol. The highest BCUT2D eigenvalue weighted by atomic mass is 19.2. The predicted molar refractivity (Wildman–Crippen MR) is 92.2 cm³/mol. The van der Waals surface area contributed by atoms with Gasteiger partial charge in [-0.1, -0.05) is 26.3 Å². The van der Waals surface area contributed by atoms with E-state index in [1.54, 1.807) is 12.1 Å². The summed E-state index contributed by atoms with van der Waals surface area (Å²) in [4.78, 5) is 12.1. The first-order valence-corrected chi connectivity index (χ1v) is 8.48. The number of carbonyl (C=O) groups excluding carboxylic acids is 1. The van der Waals surface area contributed by atoms with Crippen LogP contribution in [0.1, 0.15) is 49.0 Å². The first-order valence-electron chi connectivity index (χ1n) is 8.48. The third kappa shape index (κ3) is 5.02. The predicted octanol–water partition coefficient (Wildman–Crippen LogP) is 5.32. The zero-order chi connectivity index (χ0) is 18.2. The van der Waals surface area contributed by atoms with Crippen molar-refractivity contribution >= 4 is 5.97 Å². The van der Waals surface area contributed by atoms with Crippen LogP contribution in [-0.2, 0) is 6.42 Å². The van der Waals surface area contributed by atoms with Gasteiger partial charge in [0.1, 0.15) is 5.75 Å². The van der Waals surface area contributed by atoms with Gasteiger partial charge in [0, 0.05) is 0 Å². The molecule has 0 aliphatic rings. The monoisotopic (exact) mass is 348 g/mol. The molecule has 134 valence electrons. The minimum Gasteiger partial charge on any atom is -0.494 e. The first kappa shape index (κ1) is 18.9. The van der Waals surface area contributed by atoms with Gasteiger partial charge in [-0.3, -0.25) is 0 Å². The number of esters is 1. The molecule has 0 saturated heterocycles. The van der Waals surface area contributed by atoms with E-state index in [-0.39, 0.29) is 11.1 Å². The molecule has 3 nitrogen and oxygen atoms in total. The summed E-state index contributed by atoms with van der Waals surface area (Å²) in [6, 6.07) is 9.07. The van der Waals surface area contributed by atoms with Crippen LogP contribution in [0.5, 0.6) is 11.5 Å². The lowest BCUT2D eigenvalue weighted by Crippen LogP contribution is -2.10. The van der Waals surface area contributed by atoms with Gasteiger partial charge in [-0.05, 0) is 55.2 Å². The number of benzene rings is 2. The van der Waals surface area contributed by atoms with Gasteiger partial charge in [0.25, 0.3) is 0 Å². The maximum atomic E-state index is 14.1. The second-order valence-corrected chi connectivity index (χ2v) is 5.72. The maximum absolute atomic E-state index is 14.1. The van der Waals surface area contributed by atoms with Crippen LogP contribution >= 0.6 is 0 Å². The third-order valence-corrected chi connectivity index (χ3v) is 3.69. The van der Waals surface area contributed by atoms with Crippen molar-refractivity contribution < 1.29 is 23.0 Å². The summed E-state index contributed by atoms with van der Waals surface area (Å²) >= 11 is 0. The number of aryl methyl sites for hydroxylation is 1. The van der Waals surface area contributed by atoms with Gasteiger partial charge < -0.3 is 9.47 Å². The first-order chi connectivity index (χ1) is 12.1. The van der Waals surface area contributed by atoms with Crippen molar-refractivity contribution in [3.8, 4) is 11.5 Å². The van der Waals surface area contributed by atoms with Crippen LogP contribution in [-0.4, -0.2) is 12.6 Å². The number of hydrogen-bond acceptors (Lipinski definition) is 3. The van der Waals surface area contributed by atoms with E-state index in [9.17, 15) is 13.6 Å². The Hall–Kier alpha value is -2.43. The summed E-state index contributed by atoms with van der Waals surface area (Å²) in [5, 5.41) is 0. The summed E-state index contributed by atoms with van der Waals surface area (Å²) in [6.45, 7) is 4.55. The smallest absolute Gasteiger partial charge is 0.343 e. The molecule has 5 heteroatoms. The number of carbonyl (C=O) groups is 1. The lowest BCUT2D eigenvalue weighted by atomic mass is 10.1. The van der Waals surface area contributed by atoms with Crippen LogP contribution < -0.4 is 9.47 Å². The molecule has 2 aromatic rings. The summed E-state index contributed by atoms with van der Waals surface area (Å²) in [5.41, 5.74) is 0.523. The highest BCUT2D eigenvalue weighted by molar-refractivity contribution is 5.91. The van der Waals surface area contributed by atoms with Crippen LogP contribution in [0.2, 0.25) is 0 Å². The highest BCUT2D eigenvalue weighted by Gasteiger charge is 2.17. The zero-order valence-corrected chi connectivity index (χ0v) is 14.5. The molecule has 2 rings (SSSR count). The van der Waals surface area contributed by atoms with Gasteiger partial charge in [-0.15, -0.1) is 0 Å². The molecule has 0 saturated carbocycles. The lowest BCUT2D eigenvalue weighted by molar-refractivity contribution is 0.0726. The Bertz CT molecular complexity index is 712. The molecule has 0 spiro atoms. The maximum Gasteiger partial charge on any atom is 0.343 e. The van der Waals surface area contributed by atoms with Gasteiger partial charge in [-0.2, -0.15) is 4.39 Å². The van der Waals surface area contributed by atoms with E-state index in [0.717, 1.165) is 19.3 Å². The van der Waals surface area contributed by atoms with E-state index >= 15 is 0 Å². The molecule has 0 heterocycles. The second-order valence-electron chi connectivity index (χ2n) is 5.72. The van der Waals surface area contributed by atoms with Crippen LogP contribution in [0.4, 0.5) is 8.78 Å². The molecule has 0 atom stereocenters. The van der Waals surface area contributed by atoms with Crippen molar-refractivity contribution in [1.29, 1.82) is 0 Å². The van der Waals surface area contributed by atoms with Gasteiger partial charge in [-0.25, -0.2) is 9.18 Å². The quantitative estimate of drug-likeness (QED) is 0.479. The minimum atomic E-state index is -1.13. The van der Waals surface area contributed by atoms with E-state index in [1.807, 2.05) is 13.8 Å². The molecule has 0 aromatic heterocycles. The van der Waals surface area contributed by atoms with Crippen molar-refractivity contribution in [3.05, 3.63) is 59.2 Å². The fraction of sp³-hybridized carbons (Fsp3) is 0.350. The van der Waals surface area contributed by atoms with Gasteiger partial charge in [0.15, 0.2) is 11.6 Å². The molecule has 2 aromatic carbocycles. The topological polar surface area (TPSA) is 35.5 Å². The summed E-state index contributed by atoms with van der Waals surface area (Å²) in [6.07, 6.45) is 2.98. The Morgan fingerprint density at radius 3 is 2.32 bits per heavy atom. The van der Waals surface area contributed by atoms with Crippen LogP contribution in [0.15, 0.2) is 36.4 Å². The average molecular weight is 348 g/mol. The van der Waals surface area contributed by atoms with Crippen molar-refractivity contribution in [3.63, 3.8) is 0 Å². The average Bonchev–Trinajstić information content (AvgIpc) is 2.63. The SMILES string of the molecule is CCCCc1ccc(OC(=O)c2ccc(OCCC)cc2)c(F)c1F. The normalized spacial score (nSPS) is 10.6. The molecular formula is C20H22F2O3. The molecule has 0 N–H and O–H groups in total. The fourth-order valence-corrected chi connectivity index (χ4v) is 2.28. The molecule has 0 aliphatic heterocycles. The van der Waals surface area contributed by atoms with E-state index in [1.165, 1.54) is 24.3 Å². The molecule has 0 fully saturated rings. The number of unbranched alkanes of at least 4 members (excludes halogenated alkanes) is 1. The van der Waals surface area contributed by atoms with Crippen LogP contribution in [0.25, 0.3) is 0 Å². The van der Waals surface area contributed by atoms with Gasteiger partial charge in [0.2, 0.25) is 5.82 Å². The van der Waals surface area contributed by atoms with Crippen molar-refractivity contribution in [2.45, 2.75) is 39.5 Å². The molecule has 0 bridgehead atoms. The lowest BCUT2D eigenvalue weighted by Gasteiger charge is -2.09. The number of ether oxygens (including phenoxy) is 2. The Morgan fingerprint density at radius 2 is 1.68 bits per heavy atom. The second kappa shape index (κ2) is 9.16. The molecule has 0 radical (unpaired) electrons. The van der Waals surface area contributed by atoms with E-state index in [2.05, 4.69) is 0 Å². The largest absolute Gasteiger partial charge is 0.494 e.